The second kappa shape index (κ2) is 8.70. The van der Waals surface area contributed by atoms with Gasteiger partial charge in [0.05, 0.1) is 18.2 Å². The van der Waals surface area contributed by atoms with Crippen molar-refractivity contribution < 1.29 is 9.84 Å². The van der Waals surface area contributed by atoms with Gasteiger partial charge in [-0.25, -0.2) is 0 Å². The third-order valence-corrected chi connectivity index (χ3v) is 5.20. The van der Waals surface area contributed by atoms with Gasteiger partial charge in [-0.15, -0.1) is 0 Å². The SMILES string of the molecule is COc1ccc(CCNCC(O)c2ccc3c(c2)CCCC3)cc1Cl. The molecule has 0 radical (unpaired) electrons. The maximum atomic E-state index is 10.4. The second-order valence-corrected chi connectivity index (χ2v) is 7.08. The van der Waals surface area contributed by atoms with Crippen LogP contribution in [0.15, 0.2) is 36.4 Å². The number of aliphatic hydroxyl groups is 1. The topological polar surface area (TPSA) is 41.5 Å². The van der Waals surface area contributed by atoms with E-state index < -0.39 is 6.10 Å². The highest BCUT2D eigenvalue weighted by atomic mass is 35.5. The van der Waals surface area contributed by atoms with Gasteiger partial charge < -0.3 is 15.2 Å². The Bertz CT molecular complexity index is 717. The summed E-state index contributed by atoms with van der Waals surface area (Å²) >= 11 is 6.15. The Kier molecular flexibility index (Phi) is 6.35. The highest BCUT2D eigenvalue weighted by Crippen LogP contribution is 2.26. The molecule has 0 spiro atoms. The molecule has 0 heterocycles. The molecule has 2 aromatic carbocycles. The molecule has 134 valence electrons. The number of hydrogen-bond donors (Lipinski definition) is 2. The molecule has 1 aliphatic rings. The van der Waals surface area contributed by atoms with E-state index in [4.69, 9.17) is 16.3 Å². The molecule has 3 nitrogen and oxygen atoms in total. The molecule has 25 heavy (non-hydrogen) atoms. The molecule has 4 heteroatoms. The van der Waals surface area contributed by atoms with Crippen molar-refractivity contribution in [2.75, 3.05) is 20.2 Å². The lowest BCUT2D eigenvalue weighted by Gasteiger charge is -2.19. The summed E-state index contributed by atoms with van der Waals surface area (Å²) in [6, 6.07) is 12.3. The van der Waals surface area contributed by atoms with Crippen LogP contribution in [0.4, 0.5) is 0 Å². The summed E-state index contributed by atoms with van der Waals surface area (Å²) in [4.78, 5) is 0. The van der Waals surface area contributed by atoms with Crippen LogP contribution in [0.25, 0.3) is 0 Å². The first-order valence-electron chi connectivity index (χ1n) is 9.00. The normalized spacial score (nSPS) is 14.8. The molecule has 1 atom stereocenters. The first-order valence-corrected chi connectivity index (χ1v) is 9.38. The monoisotopic (exact) mass is 359 g/mol. The van der Waals surface area contributed by atoms with E-state index in [1.807, 2.05) is 18.2 Å². The number of rotatable bonds is 7. The van der Waals surface area contributed by atoms with Crippen LogP contribution in [-0.4, -0.2) is 25.3 Å². The molecule has 0 saturated heterocycles. The fraction of sp³-hybridized carbons (Fsp3) is 0.429. The van der Waals surface area contributed by atoms with E-state index in [-0.39, 0.29) is 0 Å². The Labute approximate surface area is 155 Å². The van der Waals surface area contributed by atoms with Gasteiger partial charge in [-0.1, -0.05) is 35.9 Å². The Hall–Kier alpha value is -1.55. The predicted octanol–water partition coefficient (Wildman–Crippen LogP) is 4.09. The van der Waals surface area contributed by atoms with Crippen molar-refractivity contribution in [3.8, 4) is 5.75 Å². The van der Waals surface area contributed by atoms with Crippen molar-refractivity contribution in [3.05, 3.63) is 63.7 Å². The summed E-state index contributed by atoms with van der Waals surface area (Å²) in [5, 5.41) is 14.4. The number of nitrogens with one attached hydrogen (secondary N) is 1. The van der Waals surface area contributed by atoms with E-state index in [1.165, 1.54) is 30.4 Å². The van der Waals surface area contributed by atoms with E-state index in [0.29, 0.717) is 17.3 Å². The number of hydrogen-bond acceptors (Lipinski definition) is 3. The molecule has 0 fully saturated rings. The van der Waals surface area contributed by atoms with Gasteiger partial charge in [0.25, 0.3) is 0 Å². The standard InChI is InChI=1S/C21H26ClNO2/c1-25-21-9-6-15(12-19(21)22)10-11-23-14-20(24)18-8-7-16-4-2-3-5-17(16)13-18/h6-9,12-13,20,23-24H,2-5,10-11,14H2,1H3. The summed E-state index contributed by atoms with van der Waals surface area (Å²) in [6.45, 7) is 1.35. The Morgan fingerprint density at radius 2 is 1.92 bits per heavy atom. The van der Waals surface area contributed by atoms with Gasteiger partial charge in [-0.3, -0.25) is 0 Å². The van der Waals surface area contributed by atoms with Crippen LogP contribution in [-0.2, 0) is 19.3 Å². The van der Waals surface area contributed by atoms with Gasteiger partial charge in [0.15, 0.2) is 0 Å². The minimum atomic E-state index is -0.466. The number of fused-ring (bicyclic) bond motifs is 1. The van der Waals surface area contributed by atoms with Crippen molar-refractivity contribution in [2.45, 2.75) is 38.2 Å². The molecule has 1 aliphatic carbocycles. The molecule has 0 saturated carbocycles. The number of methoxy groups -OCH3 is 1. The van der Waals surface area contributed by atoms with Crippen LogP contribution in [0.2, 0.25) is 5.02 Å². The number of aryl methyl sites for hydroxylation is 2. The van der Waals surface area contributed by atoms with Crippen molar-refractivity contribution in [1.82, 2.24) is 5.32 Å². The zero-order chi connectivity index (χ0) is 17.6. The highest BCUT2D eigenvalue weighted by Gasteiger charge is 2.13. The van der Waals surface area contributed by atoms with Crippen LogP contribution >= 0.6 is 11.6 Å². The number of ether oxygens (including phenoxy) is 1. The number of benzene rings is 2. The molecule has 0 aliphatic heterocycles. The lowest BCUT2D eigenvalue weighted by atomic mass is 9.89. The van der Waals surface area contributed by atoms with Crippen LogP contribution in [0.5, 0.6) is 5.75 Å². The minimum absolute atomic E-state index is 0.466. The molecule has 0 bridgehead atoms. The largest absolute Gasteiger partial charge is 0.495 e. The third-order valence-electron chi connectivity index (χ3n) is 4.90. The molecule has 0 aromatic heterocycles. The zero-order valence-electron chi connectivity index (χ0n) is 14.7. The van der Waals surface area contributed by atoms with E-state index in [1.54, 1.807) is 7.11 Å². The first kappa shape index (κ1) is 18.2. The molecule has 3 rings (SSSR count). The summed E-state index contributed by atoms with van der Waals surface area (Å²) in [5.74, 6) is 0.696. The van der Waals surface area contributed by atoms with Crippen molar-refractivity contribution in [1.29, 1.82) is 0 Å². The van der Waals surface area contributed by atoms with Crippen LogP contribution in [0.3, 0.4) is 0 Å². The quantitative estimate of drug-likeness (QED) is 0.731. The average Bonchev–Trinajstić information content (AvgIpc) is 2.64. The third kappa shape index (κ3) is 4.75. The number of aliphatic hydroxyl groups excluding tert-OH is 1. The van der Waals surface area contributed by atoms with Gasteiger partial charge >= 0.3 is 0 Å². The zero-order valence-corrected chi connectivity index (χ0v) is 15.5. The Morgan fingerprint density at radius 1 is 1.12 bits per heavy atom. The van der Waals surface area contributed by atoms with E-state index in [0.717, 1.165) is 30.5 Å². The second-order valence-electron chi connectivity index (χ2n) is 6.67. The Balaban J connectivity index is 1.48. The lowest BCUT2D eigenvalue weighted by molar-refractivity contribution is 0.175. The van der Waals surface area contributed by atoms with Crippen molar-refractivity contribution in [2.24, 2.45) is 0 Å². The molecular formula is C21H26ClNO2. The molecule has 2 N–H and O–H groups in total. The first-order chi connectivity index (χ1) is 12.2. The number of halogens is 1. The minimum Gasteiger partial charge on any atom is -0.495 e. The summed E-state index contributed by atoms with van der Waals surface area (Å²) in [5.41, 5.74) is 5.03. The predicted molar refractivity (Wildman–Crippen MR) is 103 cm³/mol. The molecule has 2 aromatic rings. The molecule has 0 amide bonds. The summed E-state index contributed by atoms with van der Waals surface area (Å²) < 4.78 is 5.16. The van der Waals surface area contributed by atoms with Gasteiger partial charge in [0.1, 0.15) is 5.75 Å². The highest BCUT2D eigenvalue weighted by molar-refractivity contribution is 6.32. The maximum absolute atomic E-state index is 10.4. The van der Waals surface area contributed by atoms with Gasteiger partial charge in [-0.2, -0.15) is 0 Å². The Morgan fingerprint density at radius 3 is 2.68 bits per heavy atom. The van der Waals surface area contributed by atoms with E-state index in [2.05, 4.69) is 23.5 Å². The summed E-state index contributed by atoms with van der Waals surface area (Å²) in [7, 11) is 1.62. The van der Waals surface area contributed by atoms with Crippen LogP contribution in [0, 0.1) is 0 Å². The lowest BCUT2D eigenvalue weighted by Crippen LogP contribution is -2.24. The summed E-state index contributed by atoms with van der Waals surface area (Å²) in [6.07, 6.45) is 5.25. The fourth-order valence-corrected chi connectivity index (χ4v) is 3.70. The fourth-order valence-electron chi connectivity index (χ4n) is 3.42. The maximum Gasteiger partial charge on any atom is 0.137 e. The van der Waals surface area contributed by atoms with Gasteiger partial charge in [0.2, 0.25) is 0 Å². The van der Waals surface area contributed by atoms with Crippen LogP contribution < -0.4 is 10.1 Å². The van der Waals surface area contributed by atoms with E-state index >= 15 is 0 Å². The average molecular weight is 360 g/mol. The van der Waals surface area contributed by atoms with Crippen molar-refractivity contribution in [3.63, 3.8) is 0 Å². The van der Waals surface area contributed by atoms with Gasteiger partial charge in [-0.05, 0) is 73.0 Å². The molecular weight excluding hydrogens is 334 g/mol. The molecule has 1 unspecified atom stereocenters. The van der Waals surface area contributed by atoms with Crippen LogP contribution in [0.1, 0.15) is 41.2 Å². The van der Waals surface area contributed by atoms with Gasteiger partial charge in [0, 0.05) is 6.54 Å². The van der Waals surface area contributed by atoms with E-state index in [9.17, 15) is 5.11 Å². The smallest absolute Gasteiger partial charge is 0.137 e. The van der Waals surface area contributed by atoms with Crippen molar-refractivity contribution >= 4 is 11.6 Å².